The largest absolute Gasteiger partial charge is 0.278 e. The minimum Gasteiger partial charge on any atom is -0.278 e. The number of fused-ring (bicyclic) bond motifs is 1. The normalized spacial score (nSPS) is 11.2. The highest BCUT2D eigenvalue weighted by Crippen LogP contribution is 2.26. The smallest absolute Gasteiger partial charge is 0.164 e. The maximum Gasteiger partial charge on any atom is 0.164 e. The summed E-state index contributed by atoms with van der Waals surface area (Å²) in [5, 5.41) is 0. The number of hydrogen-bond donors (Lipinski definition) is 0. The van der Waals surface area contributed by atoms with E-state index in [0.717, 1.165) is 12.1 Å². The van der Waals surface area contributed by atoms with Gasteiger partial charge in [-0.3, -0.25) is 4.57 Å². The predicted octanol–water partition coefficient (Wildman–Crippen LogP) is 4.24. The lowest BCUT2D eigenvalue weighted by Crippen LogP contribution is -2.06. The minimum absolute atomic E-state index is 0.0667. The van der Waals surface area contributed by atoms with Gasteiger partial charge in [0.1, 0.15) is 23.0 Å². The summed E-state index contributed by atoms with van der Waals surface area (Å²) in [7, 11) is 0. The van der Waals surface area contributed by atoms with Crippen molar-refractivity contribution in [1.29, 1.82) is 0 Å². The molecule has 0 radical (unpaired) electrons. The number of benzene rings is 1. The van der Waals surface area contributed by atoms with Crippen molar-refractivity contribution in [1.82, 2.24) is 14.5 Å². The Bertz CT molecular complexity index is 819. The van der Waals surface area contributed by atoms with Crippen molar-refractivity contribution in [2.45, 2.75) is 6.42 Å². The van der Waals surface area contributed by atoms with Crippen molar-refractivity contribution in [3.05, 3.63) is 52.4 Å². The minimum atomic E-state index is -0.566. The molecule has 0 aliphatic carbocycles. The Kier molecular flexibility index (Phi) is 3.91. The van der Waals surface area contributed by atoms with E-state index in [9.17, 15) is 8.78 Å². The van der Waals surface area contributed by atoms with Gasteiger partial charge in [0.05, 0.1) is 10.2 Å². The second-order valence-electron chi connectivity index (χ2n) is 4.37. The number of pyridine rings is 1. The van der Waals surface area contributed by atoms with Crippen LogP contribution in [0.1, 0.15) is 5.82 Å². The van der Waals surface area contributed by atoms with Gasteiger partial charge in [-0.2, -0.15) is 0 Å². The van der Waals surface area contributed by atoms with E-state index in [4.69, 9.17) is 11.6 Å². The Morgan fingerprint density at radius 2 is 2.05 bits per heavy atom. The Hall–Kier alpha value is -1.53. The second-order valence-corrected chi connectivity index (χ2v) is 5.60. The molecule has 3 aromatic rings. The molecule has 3 nitrogen and oxygen atoms in total. The average Bonchev–Trinajstić information content (AvgIpc) is 2.81. The number of hydrogen-bond acceptors (Lipinski definition) is 2. The summed E-state index contributed by atoms with van der Waals surface area (Å²) in [6.45, 7) is 0. The molecule has 0 spiro atoms. The Morgan fingerprint density at radius 1 is 1.24 bits per heavy atom. The van der Waals surface area contributed by atoms with Crippen LogP contribution in [0.25, 0.3) is 16.9 Å². The predicted molar refractivity (Wildman–Crippen MR) is 80.9 cm³/mol. The maximum atomic E-state index is 14.2. The SMILES string of the molecule is Fc1cc(-n2c(CCCl)nc3cccnc32)c(F)cc1Br. The molecule has 0 aliphatic heterocycles. The van der Waals surface area contributed by atoms with Crippen LogP contribution in [0.4, 0.5) is 8.78 Å². The van der Waals surface area contributed by atoms with E-state index in [1.54, 1.807) is 18.3 Å². The van der Waals surface area contributed by atoms with E-state index < -0.39 is 11.6 Å². The monoisotopic (exact) mass is 371 g/mol. The lowest BCUT2D eigenvalue weighted by Gasteiger charge is -2.10. The third kappa shape index (κ3) is 2.53. The molecule has 0 saturated heterocycles. The molecule has 0 N–H and O–H groups in total. The molecule has 1 aromatic carbocycles. The van der Waals surface area contributed by atoms with Crippen LogP contribution in [-0.4, -0.2) is 20.4 Å². The summed E-state index contributed by atoms with van der Waals surface area (Å²) in [4.78, 5) is 8.60. The molecule has 0 saturated carbocycles. The molecule has 0 unspecified atom stereocenters. The molecule has 0 aliphatic rings. The number of alkyl halides is 1. The van der Waals surface area contributed by atoms with Crippen LogP contribution in [-0.2, 0) is 6.42 Å². The van der Waals surface area contributed by atoms with Crippen LogP contribution in [0.2, 0.25) is 0 Å². The molecule has 0 bridgehead atoms. The van der Waals surface area contributed by atoms with Gasteiger partial charge in [-0.1, -0.05) is 0 Å². The molecule has 2 aromatic heterocycles. The second kappa shape index (κ2) is 5.69. The molecule has 0 fully saturated rings. The number of nitrogens with zero attached hydrogens (tertiary/aromatic N) is 3. The quantitative estimate of drug-likeness (QED) is 0.508. The van der Waals surface area contributed by atoms with E-state index in [1.807, 2.05) is 0 Å². The first-order valence-electron chi connectivity index (χ1n) is 6.15. The van der Waals surface area contributed by atoms with Crippen LogP contribution in [0.15, 0.2) is 34.9 Å². The first-order valence-corrected chi connectivity index (χ1v) is 7.48. The summed E-state index contributed by atoms with van der Waals surface area (Å²) in [6, 6.07) is 5.71. The Labute approximate surface area is 132 Å². The van der Waals surface area contributed by atoms with E-state index in [1.165, 1.54) is 4.57 Å². The van der Waals surface area contributed by atoms with E-state index in [-0.39, 0.29) is 10.2 Å². The van der Waals surface area contributed by atoms with Crippen LogP contribution in [0.5, 0.6) is 0 Å². The summed E-state index contributed by atoms with van der Waals surface area (Å²) in [5.74, 6) is -0.256. The molecule has 21 heavy (non-hydrogen) atoms. The van der Waals surface area contributed by atoms with Crippen molar-refractivity contribution < 1.29 is 8.78 Å². The first-order chi connectivity index (χ1) is 10.1. The van der Waals surface area contributed by atoms with Crippen molar-refractivity contribution in [2.24, 2.45) is 0 Å². The van der Waals surface area contributed by atoms with Gasteiger partial charge in [0, 0.05) is 24.6 Å². The molecule has 0 atom stereocenters. The third-order valence-electron chi connectivity index (χ3n) is 3.03. The zero-order valence-electron chi connectivity index (χ0n) is 10.7. The molecule has 0 amide bonds. The van der Waals surface area contributed by atoms with Gasteiger partial charge in [-0.05, 0) is 34.1 Å². The van der Waals surface area contributed by atoms with Gasteiger partial charge in [0.15, 0.2) is 5.65 Å². The van der Waals surface area contributed by atoms with Crippen molar-refractivity contribution in [3.8, 4) is 5.69 Å². The van der Waals surface area contributed by atoms with Gasteiger partial charge in [-0.15, -0.1) is 11.6 Å². The Morgan fingerprint density at radius 3 is 2.81 bits per heavy atom. The van der Waals surface area contributed by atoms with Gasteiger partial charge in [-0.25, -0.2) is 18.7 Å². The first kappa shape index (κ1) is 14.4. The van der Waals surface area contributed by atoms with Gasteiger partial charge in [0.2, 0.25) is 0 Å². The lowest BCUT2D eigenvalue weighted by atomic mass is 10.2. The summed E-state index contributed by atoms with van der Waals surface area (Å²) >= 11 is 8.74. The number of aryl methyl sites for hydroxylation is 1. The fourth-order valence-electron chi connectivity index (χ4n) is 2.15. The van der Waals surface area contributed by atoms with Crippen LogP contribution in [0, 0.1) is 11.6 Å². The average molecular weight is 373 g/mol. The zero-order valence-corrected chi connectivity index (χ0v) is 13.0. The highest BCUT2D eigenvalue weighted by atomic mass is 79.9. The van der Waals surface area contributed by atoms with E-state index in [2.05, 4.69) is 25.9 Å². The molecular formula is C14H9BrClF2N3. The van der Waals surface area contributed by atoms with Crippen molar-refractivity contribution in [2.75, 3.05) is 5.88 Å². The summed E-state index contributed by atoms with van der Waals surface area (Å²) in [5.41, 5.74) is 1.15. The molecule has 108 valence electrons. The van der Waals surface area contributed by atoms with Gasteiger partial charge < -0.3 is 0 Å². The van der Waals surface area contributed by atoms with Crippen LogP contribution in [0.3, 0.4) is 0 Å². The maximum absolute atomic E-state index is 14.2. The van der Waals surface area contributed by atoms with E-state index in [0.29, 0.717) is 29.3 Å². The molecule has 2 heterocycles. The van der Waals surface area contributed by atoms with Crippen molar-refractivity contribution >= 4 is 38.7 Å². The molecule has 3 rings (SSSR count). The van der Waals surface area contributed by atoms with Crippen molar-refractivity contribution in [3.63, 3.8) is 0 Å². The van der Waals surface area contributed by atoms with Crippen LogP contribution >= 0.6 is 27.5 Å². The fourth-order valence-corrected chi connectivity index (χ4v) is 2.63. The standard InChI is InChI=1S/C14H9BrClF2N3/c15-8-6-10(18)12(7-9(8)17)21-13(3-4-16)20-11-2-1-5-19-14(11)21/h1-2,5-7H,3-4H2. The number of imidazole rings is 1. The number of halogens is 4. The highest BCUT2D eigenvalue weighted by Gasteiger charge is 2.17. The topological polar surface area (TPSA) is 30.7 Å². The zero-order chi connectivity index (χ0) is 15.0. The number of aromatic nitrogens is 3. The Balaban J connectivity index is 2.32. The summed E-state index contributed by atoms with van der Waals surface area (Å²) < 4.78 is 29.6. The van der Waals surface area contributed by atoms with Gasteiger partial charge >= 0.3 is 0 Å². The molecule has 7 heteroatoms. The lowest BCUT2D eigenvalue weighted by molar-refractivity contribution is 0.586. The van der Waals surface area contributed by atoms with Crippen LogP contribution < -0.4 is 0 Å². The third-order valence-corrected chi connectivity index (χ3v) is 3.83. The molecular weight excluding hydrogens is 364 g/mol. The van der Waals surface area contributed by atoms with E-state index >= 15 is 0 Å². The highest BCUT2D eigenvalue weighted by molar-refractivity contribution is 9.10. The van der Waals surface area contributed by atoms with Gasteiger partial charge in [0.25, 0.3) is 0 Å². The fraction of sp³-hybridized carbons (Fsp3) is 0.143. The number of rotatable bonds is 3. The summed E-state index contributed by atoms with van der Waals surface area (Å²) in [6.07, 6.45) is 2.01.